The summed E-state index contributed by atoms with van der Waals surface area (Å²) in [4.78, 5) is 18.5. The van der Waals surface area contributed by atoms with Crippen molar-refractivity contribution in [2.75, 3.05) is 12.4 Å². The molecule has 5 heteroatoms. The monoisotopic (exact) mass is 271 g/mol. The van der Waals surface area contributed by atoms with Crippen LogP contribution in [0, 0.1) is 0 Å². The number of rotatable bonds is 3. The van der Waals surface area contributed by atoms with Gasteiger partial charge in [-0.2, -0.15) is 0 Å². The molecule has 1 atom stereocenters. The third kappa shape index (κ3) is 2.52. The molecular weight excluding hydrogens is 254 g/mol. The molecule has 0 aromatic carbocycles. The summed E-state index contributed by atoms with van der Waals surface area (Å²) in [6.07, 6.45) is 4.81. The van der Waals surface area contributed by atoms with E-state index in [0.717, 1.165) is 30.6 Å². The van der Waals surface area contributed by atoms with Crippen molar-refractivity contribution in [1.29, 1.82) is 0 Å². The molecule has 0 fully saturated rings. The first kappa shape index (κ1) is 12.7. The third-order valence-electron chi connectivity index (χ3n) is 3.62. The molecule has 0 bridgehead atoms. The lowest BCUT2D eigenvalue weighted by Crippen LogP contribution is -2.21. The van der Waals surface area contributed by atoms with E-state index in [1.807, 2.05) is 18.2 Å². The zero-order valence-corrected chi connectivity index (χ0v) is 11.3. The van der Waals surface area contributed by atoms with Crippen LogP contribution in [0.4, 0.5) is 5.69 Å². The van der Waals surface area contributed by atoms with Crippen molar-refractivity contribution in [3.05, 3.63) is 52.1 Å². The molecule has 2 heterocycles. The fourth-order valence-corrected chi connectivity index (χ4v) is 2.64. The highest BCUT2D eigenvalue weighted by Gasteiger charge is 2.20. The zero-order valence-electron chi connectivity index (χ0n) is 11.3. The highest BCUT2D eigenvalue weighted by molar-refractivity contribution is 5.45. The van der Waals surface area contributed by atoms with E-state index in [1.54, 1.807) is 19.4 Å². The molecular formula is C15H17N3O2. The van der Waals surface area contributed by atoms with Crippen LogP contribution in [0.15, 0.2) is 35.3 Å². The van der Waals surface area contributed by atoms with Crippen LogP contribution in [0.25, 0.3) is 0 Å². The first-order chi connectivity index (χ1) is 9.76. The van der Waals surface area contributed by atoms with Crippen molar-refractivity contribution in [2.24, 2.45) is 0 Å². The second kappa shape index (κ2) is 5.36. The molecule has 3 rings (SSSR count). The largest absolute Gasteiger partial charge is 0.481 e. The highest BCUT2D eigenvalue weighted by Crippen LogP contribution is 2.30. The Bertz CT molecular complexity index is 649. The van der Waals surface area contributed by atoms with E-state index >= 15 is 0 Å². The Morgan fingerprint density at radius 3 is 3.00 bits per heavy atom. The second-order valence-electron chi connectivity index (χ2n) is 4.93. The standard InChI is InChI=1S/C15H17N3O2/c1-20-15-8-5-10(9-16-15)17-12-3-2-4-13-11(12)6-7-14(19)18-13/h5-9,12,17H,2-4H2,1H3,(H,18,19). The SMILES string of the molecule is COc1ccc(NC2CCCc3[nH]c(=O)ccc32)cn1. The maximum Gasteiger partial charge on any atom is 0.248 e. The number of nitrogens with zero attached hydrogens (tertiary/aromatic N) is 1. The smallest absolute Gasteiger partial charge is 0.248 e. The van der Waals surface area contributed by atoms with Gasteiger partial charge in [0, 0.05) is 17.8 Å². The number of fused-ring (bicyclic) bond motifs is 1. The lowest BCUT2D eigenvalue weighted by atomic mass is 9.91. The summed E-state index contributed by atoms with van der Waals surface area (Å²) in [6, 6.07) is 7.50. The van der Waals surface area contributed by atoms with Crippen molar-refractivity contribution in [2.45, 2.75) is 25.3 Å². The molecule has 0 saturated carbocycles. The van der Waals surface area contributed by atoms with Crippen LogP contribution in [-0.4, -0.2) is 17.1 Å². The maximum atomic E-state index is 11.4. The minimum absolute atomic E-state index is 0.0319. The van der Waals surface area contributed by atoms with Gasteiger partial charge < -0.3 is 15.0 Å². The van der Waals surface area contributed by atoms with Crippen LogP contribution < -0.4 is 15.6 Å². The molecule has 0 amide bonds. The topological polar surface area (TPSA) is 67.0 Å². The first-order valence-electron chi connectivity index (χ1n) is 6.75. The lowest BCUT2D eigenvalue weighted by Gasteiger charge is -2.26. The summed E-state index contributed by atoms with van der Waals surface area (Å²) in [5.74, 6) is 0.601. The van der Waals surface area contributed by atoms with Crippen LogP contribution in [-0.2, 0) is 6.42 Å². The second-order valence-corrected chi connectivity index (χ2v) is 4.93. The van der Waals surface area contributed by atoms with Crippen molar-refractivity contribution in [3.8, 4) is 5.88 Å². The molecule has 0 aliphatic heterocycles. The third-order valence-corrected chi connectivity index (χ3v) is 3.62. The predicted octanol–water partition coefficient (Wildman–Crippen LogP) is 2.27. The fourth-order valence-electron chi connectivity index (χ4n) is 2.64. The molecule has 1 unspecified atom stereocenters. The van der Waals surface area contributed by atoms with E-state index in [-0.39, 0.29) is 11.6 Å². The van der Waals surface area contributed by atoms with E-state index < -0.39 is 0 Å². The minimum atomic E-state index is -0.0319. The molecule has 5 nitrogen and oxygen atoms in total. The number of hydrogen-bond donors (Lipinski definition) is 2. The van der Waals surface area contributed by atoms with Gasteiger partial charge in [-0.1, -0.05) is 0 Å². The summed E-state index contributed by atoms with van der Waals surface area (Å²) < 4.78 is 5.05. The molecule has 2 aromatic heterocycles. The molecule has 0 radical (unpaired) electrons. The van der Waals surface area contributed by atoms with E-state index in [9.17, 15) is 4.79 Å². The number of aromatic amines is 1. The van der Waals surface area contributed by atoms with Gasteiger partial charge in [0.25, 0.3) is 0 Å². The summed E-state index contributed by atoms with van der Waals surface area (Å²) in [7, 11) is 1.60. The number of aryl methyl sites for hydroxylation is 1. The fraction of sp³-hybridized carbons (Fsp3) is 0.333. The summed E-state index contributed by atoms with van der Waals surface area (Å²) in [6.45, 7) is 0. The summed E-state index contributed by atoms with van der Waals surface area (Å²) in [5.41, 5.74) is 3.14. The van der Waals surface area contributed by atoms with Gasteiger partial charge in [0.1, 0.15) is 0 Å². The molecule has 1 aliphatic carbocycles. The summed E-state index contributed by atoms with van der Waals surface area (Å²) in [5, 5.41) is 3.47. The Labute approximate surface area is 117 Å². The van der Waals surface area contributed by atoms with Gasteiger partial charge in [0.15, 0.2) is 0 Å². The summed E-state index contributed by atoms with van der Waals surface area (Å²) >= 11 is 0. The Balaban J connectivity index is 1.83. The number of anilines is 1. The minimum Gasteiger partial charge on any atom is -0.481 e. The zero-order chi connectivity index (χ0) is 13.9. The Morgan fingerprint density at radius 2 is 2.25 bits per heavy atom. The maximum absolute atomic E-state index is 11.4. The van der Waals surface area contributed by atoms with E-state index in [2.05, 4.69) is 15.3 Å². The van der Waals surface area contributed by atoms with Gasteiger partial charge in [0.05, 0.1) is 25.0 Å². The van der Waals surface area contributed by atoms with Crippen LogP contribution in [0.3, 0.4) is 0 Å². The molecule has 0 saturated heterocycles. The van der Waals surface area contributed by atoms with Crippen molar-refractivity contribution in [3.63, 3.8) is 0 Å². The molecule has 2 aromatic rings. The van der Waals surface area contributed by atoms with E-state index in [0.29, 0.717) is 5.88 Å². The molecule has 1 aliphatic rings. The number of methoxy groups -OCH3 is 1. The Morgan fingerprint density at radius 1 is 1.35 bits per heavy atom. The highest BCUT2D eigenvalue weighted by atomic mass is 16.5. The van der Waals surface area contributed by atoms with Crippen LogP contribution in [0.5, 0.6) is 5.88 Å². The average molecular weight is 271 g/mol. The van der Waals surface area contributed by atoms with Crippen molar-refractivity contribution < 1.29 is 4.74 Å². The molecule has 2 N–H and O–H groups in total. The molecule has 20 heavy (non-hydrogen) atoms. The normalized spacial score (nSPS) is 17.4. The van der Waals surface area contributed by atoms with E-state index in [1.165, 1.54) is 5.56 Å². The van der Waals surface area contributed by atoms with Gasteiger partial charge in [-0.25, -0.2) is 4.98 Å². The number of H-pyrrole nitrogens is 1. The van der Waals surface area contributed by atoms with Crippen LogP contribution in [0.2, 0.25) is 0 Å². The van der Waals surface area contributed by atoms with Crippen molar-refractivity contribution >= 4 is 5.69 Å². The number of pyridine rings is 2. The average Bonchev–Trinajstić information content (AvgIpc) is 2.48. The molecule has 104 valence electrons. The number of aromatic nitrogens is 2. The van der Waals surface area contributed by atoms with Gasteiger partial charge in [-0.15, -0.1) is 0 Å². The van der Waals surface area contributed by atoms with Gasteiger partial charge in [-0.3, -0.25) is 4.79 Å². The van der Waals surface area contributed by atoms with Crippen LogP contribution in [0.1, 0.15) is 30.1 Å². The van der Waals surface area contributed by atoms with Gasteiger partial charge in [0.2, 0.25) is 11.4 Å². The van der Waals surface area contributed by atoms with E-state index in [4.69, 9.17) is 4.74 Å². The predicted molar refractivity (Wildman–Crippen MR) is 77.2 cm³/mol. The lowest BCUT2D eigenvalue weighted by molar-refractivity contribution is 0.398. The number of ether oxygens (including phenoxy) is 1. The Hall–Kier alpha value is -2.30. The Kier molecular flexibility index (Phi) is 3.41. The quantitative estimate of drug-likeness (QED) is 0.898. The van der Waals surface area contributed by atoms with Gasteiger partial charge >= 0.3 is 0 Å². The number of hydrogen-bond acceptors (Lipinski definition) is 4. The number of nitrogens with one attached hydrogen (secondary N) is 2. The van der Waals surface area contributed by atoms with Gasteiger partial charge in [-0.05, 0) is 37.0 Å². The van der Waals surface area contributed by atoms with Crippen molar-refractivity contribution in [1.82, 2.24) is 9.97 Å². The first-order valence-corrected chi connectivity index (χ1v) is 6.75. The molecule has 0 spiro atoms. The van der Waals surface area contributed by atoms with Crippen LogP contribution >= 0.6 is 0 Å².